The third kappa shape index (κ3) is 2.91. The van der Waals surface area contributed by atoms with Crippen LogP contribution in [0.15, 0.2) is 24.3 Å². The molecule has 0 atom stereocenters. The van der Waals surface area contributed by atoms with Gasteiger partial charge in [-0.05, 0) is 49.9 Å². The average Bonchev–Trinajstić information content (AvgIpc) is 2.54. The number of benzene rings is 1. The van der Waals surface area contributed by atoms with E-state index in [-0.39, 0.29) is 0 Å². The predicted molar refractivity (Wildman–Crippen MR) is 88.9 cm³/mol. The molecular weight excluding hydrogens is 276 g/mol. The maximum absolute atomic E-state index is 11.5. The molecule has 116 valence electrons. The third-order valence-electron chi connectivity index (χ3n) is 4.32. The number of rotatable bonds is 4. The first kappa shape index (κ1) is 14.8. The lowest BCUT2D eigenvalue weighted by molar-refractivity contribution is 0.112. The molecule has 0 N–H and O–H groups in total. The first-order chi connectivity index (χ1) is 10.7. The van der Waals surface area contributed by atoms with Gasteiger partial charge in [0.25, 0.3) is 0 Å². The number of piperidine rings is 1. The van der Waals surface area contributed by atoms with E-state index in [1.54, 1.807) is 0 Å². The van der Waals surface area contributed by atoms with Crippen LogP contribution in [0, 0.1) is 5.92 Å². The van der Waals surface area contributed by atoms with Crippen molar-refractivity contribution in [2.45, 2.75) is 26.7 Å². The van der Waals surface area contributed by atoms with Gasteiger partial charge in [-0.3, -0.25) is 4.79 Å². The minimum Gasteiger partial charge on any atom is -0.494 e. The van der Waals surface area contributed by atoms with Gasteiger partial charge in [0, 0.05) is 18.5 Å². The third-order valence-corrected chi connectivity index (χ3v) is 4.32. The molecule has 3 rings (SSSR count). The Morgan fingerprint density at radius 2 is 2.09 bits per heavy atom. The lowest BCUT2D eigenvalue weighted by atomic mass is 9.99. The molecule has 0 aliphatic carbocycles. The number of anilines is 1. The van der Waals surface area contributed by atoms with Crippen LogP contribution in [0.4, 0.5) is 5.82 Å². The molecule has 1 saturated heterocycles. The molecule has 2 heterocycles. The Labute approximate surface area is 131 Å². The van der Waals surface area contributed by atoms with Gasteiger partial charge in [-0.1, -0.05) is 6.92 Å². The van der Waals surface area contributed by atoms with E-state index in [2.05, 4.69) is 11.8 Å². The van der Waals surface area contributed by atoms with Crippen LogP contribution in [-0.4, -0.2) is 31.0 Å². The quantitative estimate of drug-likeness (QED) is 0.808. The van der Waals surface area contributed by atoms with E-state index in [1.807, 2.05) is 31.2 Å². The van der Waals surface area contributed by atoms with Gasteiger partial charge in [0.2, 0.25) is 0 Å². The van der Waals surface area contributed by atoms with E-state index in [1.165, 1.54) is 0 Å². The number of carbonyl (C=O) groups excluding carboxylic acids is 1. The molecule has 0 spiro atoms. The standard InChI is InChI=1S/C18H22N2O2/c1-3-22-16-4-5-17-14(11-16)10-15(12-21)18(19-17)20-8-6-13(2)7-9-20/h4-5,10-13H,3,6-9H2,1-2H3. The van der Waals surface area contributed by atoms with Crippen molar-refractivity contribution >= 4 is 23.0 Å². The first-order valence-corrected chi connectivity index (χ1v) is 7.99. The van der Waals surface area contributed by atoms with E-state index < -0.39 is 0 Å². The molecule has 0 amide bonds. The fourth-order valence-corrected chi connectivity index (χ4v) is 2.98. The van der Waals surface area contributed by atoms with Gasteiger partial charge in [0.1, 0.15) is 11.6 Å². The van der Waals surface area contributed by atoms with Crippen molar-refractivity contribution in [2.75, 3.05) is 24.6 Å². The van der Waals surface area contributed by atoms with Crippen LogP contribution in [0.5, 0.6) is 5.75 Å². The van der Waals surface area contributed by atoms with Gasteiger partial charge in [0.05, 0.1) is 17.7 Å². The van der Waals surface area contributed by atoms with E-state index in [9.17, 15) is 4.79 Å². The van der Waals surface area contributed by atoms with Crippen LogP contribution < -0.4 is 9.64 Å². The van der Waals surface area contributed by atoms with Crippen LogP contribution in [0.25, 0.3) is 10.9 Å². The second-order valence-electron chi connectivity index (χ2n) is 5.98. The fraction of sp³-hybridized carbons (Fsp3) is 0.444. The molecule has 1 aromatic carbocycles. The lowest BCUT2D eigenvalue weighted by Crippen LogP contribution is -2.34. The van der Waals surface area contributed by atoms with Gasteiger partial charge in [-0.25, -0.2) is 4.98 Å². The zero-order chi connectivity index (χ0) is 15.5. The molecule has 22 heavy (non-hydrogen) atoms. The highest BCUT2D eigenvalue weighted by atomic mass is 16.5. The predicted octanol–water partition coefficient (Wildman–Crippen LogP) is 3.68. The lowest BCUT2D eigenvalue weighted by Gasteiger charge is -2.32. The zero-order valence-corrected chi connectivity index (χ0v) is 13.2. The molecule has 1 fully saturated rings. The summed E-state index contributed by atoms with van der Waals surface area (Å²) in [7, 11) is 0. The number of ether oxygens (including phenoxy) is 1. The molecule has 0 saturated carbocycles. The highest BCUT2D eigenvalue weighted by Crippen LogP contribution is 2.28. The topological polar surface area (TPSA) is 42.4 Å². The van der Waals surface area contributed by atoms with Crippen LogP contribution >= 0.6 is 0 Å². The van der Waals surface area contributed by atoms with Crippen molar-refractivity contribution in [1.29, 1.82) is 0 Å². The van der Waals surface area contributed by atoms with E-state index in [0.29, 0.717) is 12.2 Å². The molecule has 0 unspecified atom stereocenters. The number of carbonyl (C=O) groups is 1. The van der Waals surface area contributed by atoms with E-state index in [0.717, 1.165) is 60.6 Å². The zero-order valence-electron chi connectivity index (χ0n) is 13.2. The Morgan fingerprint density at radius 3 is 2.77 bits per heavy atom. The summed E-state index contributed by atoms with van der Waals surface area (Å²) in [5.74, 6) is 2.39. The van der Waals surface area contributed by atoms with Gasteiger partial charge in [-0.2, -0.15) is 0 Å². The Kier molecular flexibility index (Phi) is 4.27. The summed E-state index contributed by atoms with van der Waals surface area (Å²) in [5, 5.41) is 0.946. The minimum atomic E-state index is 0.628. The highest BCUT2D eigenvalue weighted by Gasteiger charge is 2.20. The van der Waals surface area contributed by atoms with Gasteiger partial charge < -0.3 is 9.64 Å². The van der Waals surface area contributed by atoms with Crippen molar-refractivity contribution in [2.24, 2.45) is 5.92 Å². The van der Waals surface area contributed by atoms with Gasteiger partial charge in [0.15, 0.2) is 6.29 Å². The fourth-order valence-electron chi connectivity index (χ4n) is 2.98. The normalized spacial score (nSPS) is 16.0. The SMILES string of the molecule is CCOc1ccc2nc(N3CCC(C)CC3)c(C=O)cc2c1. The Hall–Kier alpha value is -2.10. The Balaban J connectivity index is 1.99. The van der Waals surface area contributed by atoms with Crippen molar-refractivity contribution in [3.05, 3.63) is 29.8 Å². The molecule has 4 nitrogen and oxygen atoms in total. The molecule has 1 aliphatic rings. The molecule has 2 aromatic rings. The summed E-state index contributed by atoms with van der Waals surface area (Å²) in [6.07, 6.45) is 3.22. The van der Waals surface area contributed by atoms with Crippen LogP contribution in [0.1, 0.15) is 37.0 Å². The summed E-state index contributed by atoms with van der Waals surface area (Å²) >= 11 is 0. The molecular formula is C18H22N2O2. The average molecular weight is 298 g/mol. The number of nitrogens with zero attached hydrogens (tertiary/aromatic N) is 2. The first-order valence-electron chi connectivity index (χ1n) is 7.99. The van der Waals surface area contributed by atoms with E-state index >= 15 is 0 Å². The molecule has 0 radical (unpaired) electrons. The monoisotopic (exact) mass is 298 g/mol. The smallest absolute Gasteiger partial charge is 0.153 e. The number of aldehydes is 1. The van der Waals surface area contributed by atoms with Crippen LogP contribution in [0.3, 0.4) is 0 Å². The summed E-state index contributed by atoms with van der Waals surface area (Å²) in [6.45, 7) is 6.80. The number of pyridine rings is 1. The van der Waals surface area contributed by atoms with Gasteiger partial charge in [-0.15, -0.1) is 0 Å². The number of hydrogen-bond acceptors (Lipinski definition) is 4. The number of hydrogen-bond donors (Lipinski definition) is 0. The summed E-state index contributed by atoms with van der Waals surface area (Å²) < 4.78 is 5.52. The molecule has 1 aromatic heterocycles. The Bertz CT molecular complexity index is 676. The molecule has 0 bridgehead atoms. The van der Waals surface area contributed by atoms with Crippen molar-refractivity contribution in [3.8, 4) is 5.75 Å². The van der Waals surface area contributed by atoms with Crippen molar-refractivity contribution in [1.82, 2.24) is 4.98 Å². The van der Waals surface area contributed by atoms with Crippen LogP contribution in [-0.2, 0) is 0 Å². The summed E-state index contributed by atoms with van der Waals surface area (Å²) in [6, 6.07) is 7.76. The second-order valence-corrected chi connectivity index (χ2v) is 5.98. The van der Waals surface area contributed by atoms with E-state index in [4.69, 9.17) is 9.72 Å². The number of fused-ring (bicyclic) bond motifs is 1. The highest BCUT2D eigenvalue weighted by molar-refractivity contribution is 5.92. The van der Waals surface area contributed by atoms with Gasteiger partial charge >= 0.3 is 0 Å². The minimum absolute atomic E-state index is 0.628. The maximum atomic E-state index is 11.5. The largest absolute Gasteiger partial charge is 0.494 e. The second kappa shape index (κ2) is 6.34. The molecule has 1 aliphatic heterocycles. The Morgan fingerprint density at radius 1 is 1.32 bits per heavy atom. The maximum Gasteiger partial charge on any atom is 0.153 e. The van der Waals surface area contributed by atoms with Crippen LogP contribution in [0.2, 0.25) is 0 Å². The summed E-state index contributed by atoms with van der Waals surface area (Å²) in [5.41, 5.74) is 1.57. The van der Waals surface area contributed by atoms with Crippen molar-refractivity contribution in [3.63, 3.8) is 0 Å². The van der Waals surface area contributed by atoms with Crippen molar-refractivity contribution < 1.29 is 9.53 Å². The summed E-state index contributed by atoms with van der Waals surface area (Å²) in [4.78, 5) is 18.5. The molecule has 4 heteroatoms. The number of aromatic nitrogens is 1.